The van der Waals surface area contributed by atoms with Crippen LogP contribution in [0.15, 0.2) is 42.7 Å². The van der Waals surface area contributed by atoms with Gasteiger partial charge in [0.1, 0.15) is 18.0 Å². The molecule has 0 aliphatic heterocycles. The topological polar surface area (TPSA) is 49.8 Å². The lowest BCUT2D eigenvalue weighted by molar-refractivity contribution is 0.742. The maximum Gasteiger partial charge on any atom is 0.131 e. The van der Waals surface area contributed by atoms with Crippen LogP contribution in [-0.2, 0) is 6.42 Å². The molecule has 2 N–H and O–H groups in total. The molecular weight excluding hydrogens is 272 g/mol. The summed E-state index contributed by atoms with van der Waals surface area (Å²) in [7, 11) is 0. The minimum atomic E-state index is 0.890. The first kappa shape index (κ1) is 16.3. The number of aryl methyl sites for hydroxylation is 1. The van der Waals surface area contributed by atoms with Gasteiger partial charge in [-0.2, -0.15) is 0 Å². The number of anilines is 2. The Balaban J connectivity index is 1.69. The fourth-order valence-electron chi connectivity index (χ4n) is 2.30. The van der Waals surface area contributed by atoms with Crippen molar-refractivity contribution in [1.82, 2.24) is 9.97 Å². The number of aromatic nitrogens is 2. The second-order valence-corrected chi connectivity index (χ2v) is 5.44. The fourth-order valence-corrected chi connectivity index (χ4v) is 2.30. The molecule has 0 unspecified atom stereocenters. The van der Waals surface area contributed by atoms with Gasteiger partial charge < -0.3 is 10.6 Å². The van der Waals surface area contributed by atoms with Crippen LogP contribution >= 0.6 is 0 Å². The van der Waals surface area contributed by atoms with Crippen molar-refractivity contribution in [2.75, 3.05) is 23.7 Å². The molecule has 1 aromatic carbocycles. The first-order valence-electron chi connectivity index (χ1n) is 8.22. The molecule has 0 aliphatic carbocycles. The van der Waals surface area contributed by atoms with E-state index in [4.69, 9.17) is 0 Å². The predicted molar refractivity (Wildman–Crippen MR) is 93.3 cm³/mol. The number of nitrogens with zero attached hydrogens (tertiary/aromatic N) is 2. The van der Waals surface area contributed by atoms with Crippen LogP contribution in [0.5, 0.6) is 0 Å². The number of benzene rings is 1. The van der Waals surface area contributed by atoms with E-state index in [0.29, 0.717) is 0 Å². The lowest BCUT2D eigenvalue weighted by atomic mass is 10.1. The van der Waals surface area contributed by atoms with Gasteiger partial charge in [0.05, 0.1) is 0 Å². The van der Waals surface area contributed by atoms with E-state index in [2.05, 4.69) is 57.9 Å². The van der Waals surface area contributed by atoms with Gasteiger partial charge in [0.2, 0.25) is 0 Å². The normalized spacial score (nSPS) is 10.4. The molecule has 1 aromatic heterocycles. The maximum absolute atomic E-state index is 4.27. The Kier molecular flexibility index (Phi) is 7.22. The quantitative estimate of drug-likeness (QED) is 0.648. The highest BCUT2D eigenvalue weighted by Gasteiger charge is 1.98. The molecule has 118 valence electrons. The molecule has 0 aliphatic rings. The van der Waals surface area contributed by atoms with E-state index in [-0.39, 0.29) is 0 Å². The van der Waals surface area contributed by atoms with Gasteiger partial charge in [-0.25, -0.2) is 9.97 Å². The molecule has 22 heavy (non-hydrogen) atoms. The fraction of sp³-hybridized carbons (Fsp3) is 0.444. The Morgan fingerprint density at radius 3 is 2.23 bits per heavy atom. The van der Waals surface area contributed by atoms with E-state index < -0.39 is 0 Å². The smallest absolute Gasteiger partial charge is 0.131 e. The third-order valence-electron chi connectivity index (χ3n) is 3.54. The number of hydrogen-bond donors (Lipinski definition) is 2. The highest BCUT2D eigenvalue weighted by atomic mass is 15.1. The number of nitrogens with one attached hydrogen (secondary N) is 2. The molecule has 2 aromatic rings. The van der Waals surface area contributed by atoms with Crippen LogP contribution < -0.4 is 10.6 Å². The first-order chi connectivity index (χ1) is 10.9. The third-order valence-corrected chi connectivity index (χ3v) is 3.54. The van der Waals surface area contributed by atoms with E-state index in [1.54, 1.807) is 6.33 Å². The van der Waals surface area contributed by atoms with Crippen molar-refractivity contribution in [3.8, 4) is 0 Å². The van der Waals surface area contributed by atoms with Gasteiger partial charge in [0.15, 0.2) is 0 Å². The van der Waals surface area contributed by atoms with Crippen LogP contribution in [0.2, 0.25) is 0 Å². The van der Waals surface area contributed by atoms with E-state index in [1.165, 1.54) is 24.8 Å². The molecule has 1 heterocycles. The molecular formula is C18H26N4. The Hall–Kier alpha value is -2.10. The SMILES string of the molecule is CCCCCNc1cc(NCCCc2ccccc2)ncn1. The molecule has 0 bridgehead atoms. The van der Waals surface area contributed by atoms with Gasteiger partial charge in [-0.1, -0.05) is 50.1 Å². The zero-order valence-electron chi connectivity index (χ0n) is 13.4. The van der Waals surface area contributed by atoms with Crippen LogP contribution in [0, 0.1) is 0 Å². The summed E-state index contributed by atoms with van der Waals surface area (Å²) < 4.78 is 0. The minimum absolute atomic E-state index is 0.890. The van der Waals surface area contributed by atoms with Crippen LogP contribution in [0.3, 0.4) is 0 Å². The number of rotatable bonds is 10. The molecule has 0 amide bonds. The van der Waals surface area contributed by atoms with E-state index in [9.17, 15) is 0 Å². The molecule has 4 heteroatoms. The molecule has 0 atom stereocenters. The Labute approximate surface area is 133 Å². The average Bonchev–Trinajstić information content (AvgIpc) is 2.57. The Bertz CT molecular complexity index is 528. The van der Waals surface area contributed by atoms with Crippen molar-refractivity contribution in [2.24, 2.45) is 0 Å². The summed E-state index contributed by atoms with van der Waals surface area (Å²) in [6, 6.07) is 12.5. The summed E-state index contributed by atoms with van der Waals surface area (Å²) in [4.78, 5) is 8.52. The summed E-state index contributed by atoms with van der Waals surface area (Å²) in [5.74, 6) is 1.79. The van der Waals surface area contributed by atoms with Gasteiger partial charge in [0.25, 0.3) is 0 Å². The van der Waals surface area contributed by atoms with Crippen molar-refractivity contribution in [1.29, 1.82) is 0 Å². The number of hydrogen-bond acceptors (Lipinski definition) is 4. The highest BCUT2D eigenvalue weighted by molar-refractivity contribution is 5.46. The Morgan fingerprint density at radius 1 is 0.864 bits per heavy atom. The monoisotopic (exact) mass is 298 g/mol. The van der Waals surface area contributed by atoms with Crippen LogP contribution in [0.1, 0.15) is 38.2 Å². The summed E-state index contributed by atoms with van der Waals surface area (Å²) in [6.45, 7) is 4.10. The van der Waals surface area contributed by atoms with Gasteiger partial charge >= 0.3 is 0 Å². The zero-order chi connectivity index (χ0) is 15.5. The molecule has 0 spiro atoms. The molecule has 0 fully saturated rings. The lowest BCUT2D eigenvalue weighted by Gasteiger charge is -2.08. The average molecular weight is 298 g/mol. The van der Waals surface area contributed by atoms with Gasteiger partial charge in [-0.15, -0.1) is 0 Å². The first-order valence-corrected chi connectivity index (χ1v) is 8.22. The van der Waals surface area contributed by atoms with Gasteiger partial charge in [-0.05, 0) is 24.8 Å². The van der Waals surface area contributed by atoms with E-state index in [0.717, 1.165) is 37.6 Å². The van der Waals surface area contributed by atoms with Crippen LogP contribution in [0.25, 0.3) is 0 Å². The minimum Gasteiger partial charge on any atom is -0.370 e. The molecule has 0 radical (unpaired) electrons. The summed E-state index contributed by atoms with van der Waals surface area (Å²) >= 11 is 0. The summed E-state index contributed by atoms with van der Waals surface area (Å²) in [5.41, 5.74) is 1.38. The second kappa shape index (κ2) is 9.77. The summed E-state index contributed by atoms with van der Waals surface area (Å²) in [6.07, 6.45) is 7.46. The molecule has 0 saturated carbocycles. The van der Waals surface area contributed by atoms with Crippen molar-refractivity contribution < 1.29 is 0 Å². The standard InChI is InChI=1S/C18H26N4/c1-2-3-7-12-19-17-14-18(22-15-21-17)20-13-8-11-16-9-5-4-6-10-16/h4-6,9-10,14-15H,2-3,7-8,11-13H2,1H3,(H2,19,20,21,22). The lowest BCUT2D eigenvalue weighted by Crippen LogP contribution is -2.07. The number of unbranched alkanes of at least 4 members (excludes halogenated alkanes) is 2. The van der Waals surface area contributed by atoms with Crippen molar-refractivity contribution in [3.05, 3.63) is 48.3 Å². The van der Waals surface area contributed by atoms with Crippen LogP contribution in [-0.4, -0.2) is 23.1 Å². The summed E-state index contributed by atoms with van der Waals surface area (Å²) in [5, 5.41) is 6.71. The predicted octanol–water partition coefficient (Wildman–Crippen LogP) is 4.12. The van der Waals surface area contributed by atoms with Crippen molar-refractivity contribution in [3.63, 3.8) is 0 Å². The van der Waals surface area contributed by atoms with E-state index >= 15 is 0 Å². The molecule has 2 rings (SSSR count). The van der Waals surface area contributed by atoms with Crippen LogP contribution in [0.4, 0.5) is 11.6 Å². The van der Waals surface area contributed by atoms with Crippen molar-refractivity contribution in [2.45, 2.75) is 39.0 Å². The third kappa shape index (κ3) is 6.12. The van der Waals surface area contributed by atoms with Crippen molar-refractivity contribution >= 4 is 11.6 Å². The highest BCUT2D eigenvalue weighted by Crippen LogP contribution is 2.09. The molecule has 4 nitrogen and oxygen atoms in total. The van der Waals surface area contributed by atoms with Gasteiger partial charge in [0, 0.05) is 19.2 Å². The zero-order valence-corrected chi connectivity index (χ0v) is 13.4. The largest absolute Gasteiger partial charge is 0.370 e. The molecule has 0 saturated heterocycles. The van der Waals surface area contributed by atoms with Gasteiger partial charge in [-0.3, -0.25) is 0 Å². The maximum atomic E-state index is 4.27. The second-order valence-electron chi connectivity index (χ2n) is 5.44. The Morgan fingerprint density at radius 2 is 1.55 bits per heavy atom. The van der Waals surface area contributed by atoms with E-state index in [1.807, 2.05) is 6.07 Å².